The minimum absolute atomic E-state index is 0. The quantitative estimate of drug-likeness (QED) is 0.239. The molecule has 1 aromatic rings. The van der Waals surface area contributed by atoms with Crippen LogP contribution >= 0.6 is 24.0 Å². The average molecular weight is 496 g/mol. The first kappa shape index (κ1) is 23.4. The van der Waals surface area contributed by atoms with Crippen molar-refractivity contribution in [2.45, 2.75) is 26.2 Å². The number of amides is 1. The van der Waals surface area contributed by atoms with Gasteiger partial charge in [0.2, 0.25) is 5.91 Å². The zero-order valence-corrected chi connectivity index (χ0v) is 17.8. The monoisotopic (exact) mass is 496 g/mol. The first-order valence-corrected chi connectivity index (χ1v) is 8.98. The molecule has 27 heavy (non-hydrogen) atoms. The lowest BCUT2D eigenvalue weighted by Gasteiger charge is -2.15. The molecular weight excluding hydrogens is 469 g/mol. The van der Waals surface area contributed by atoms with Crippen molar-refractivity contribution in [3.63, 3.8) is 0 Å². The number of hydrogen-bond acceptors (Lipinski definition) is 3. The number of ether oxygens (including phenoxy) is 1. The molecule has 0 saturated carbocycles. The number of likely N-dealkylation sites (tertiary alicyclic amines) is 1. The Balaban J connectivity index is 0.00000364. The normalized spacial score (nSPS) is 14.1. The Morgan fingerprint density at radius 3 is 2.81 bits per heavy atom. The first-order chi connectivity index (χ1) is 12.6. The van der Waals surface area contributed by atoms with Gasteiger partial charge < -0.3 is 20.3 Å². The van der Waals surface area contributed by atoms with Crippen LogP contribution in [0.4, 0.5) is 8.78 Å². The number of aliphatic imine (C=N–C) groups is 1. The van der Waals surface area contributed by atoms with Crippen molar-refractivity contribution < 1.29 is 18.3 Å². The van der Waals surface area contributed by atoms with Crippen LogP contribution in [-0.2, 0) is 4.79 Å². The van der Waals surface area contributed by atoms with Gasteiger partial charge in [0, 0.05) is 38.7 Å². The van der Waals surface area contributed by atoms with Crippen LogP contribution in [0.3, 0.4) is 0 Å². The molecule has 2 N–H and O–H groups in total. The van der Waals surface area contributed by atoms with Gasteiger partial charge in [-0.25, -0.2) is 8.78 Å². The van der Waals surface area contributed by atoms with Gasteiger partial charge in [-0.3, -0.25) is 9.79 Å². The van der Waals surface area contributed by atoms with E-state index in [9.17, 15) is 13.6 Å². The fraction of sp³-hybridized carbons (Fsp3) is 0.556. The third-order valence-electron chi connectivity index (χ3n) is 3.92. The summed E-state index contributed by atoms with van der Waals surface area (Å²) >= 11 is 0. The van der Waals surface area contributed by atoms with Gasteiger partial charge in [-0.2, -0.15) is 0 Å². The predicted molar refractivity (Wildman–Crippen MR) is 112 cm³/mol. The summed E-state index contributed by atoms with van der Waals surface area (Å²) in [6.45, 7) is 5.50. The molecule has 1 heterocycles. The molecule has 152 valence electrons. The van der Waals surface area contributed by atoms with E-state index in [-0.39, 0.29) is 42.2 Å². The average Bonchev–Trinajstić information content (AvgIpc) is 3.02. The Bertz CT molecular complexity index is 631. The van der Waals surface area contributed by atoms with Crippen LogP contribution in [0.15, 0.2) is 23.2 Å². The fourth-order valence-corrected chi connectivity index (χ4v) is 2.66. The number of nitrogens with zero attached hydrogens (tertiary/aromatic N) is 2. The van der Waals surface area contributed by atoms with E-state index < -0.39 is 11.6 Å². The summed E-state index contributed by atoms with van der Waals surface area (Å²) in [6.07, 6.45) is 2.41. The minimum Gasteiger partial charge on any atom is -0.489 e. The molecule has 1 amide bonds. The summed E-state index contributed by atoms with van der Waals surface area (Å²) in [7, 11) is 0. The highest BCUT2D eigenvalue weighted by atomic mass is 127. The highest BCUT2D eigenvalue weighted by Gasteiger charge is 2.18. The lowest BCUT2D eigenvalue weighted by Crippen LogP contribution is -2.39. The molecule has 0 radical (unpaired) electrons. The fourth-order valence-electron chi connectivity index (χ4n) is 2.66. The minimum atomic E-state index is -0.720. The third kappa shape index (κ3) is 8.27. The van der Waals surface area contributed by atoms with Crippen LogP contribution in [0.25, 0.3) is 0 Å². The van der Waals surface area contributed by atoms with Crippen LogP contribution < -0.4 is 15.4 Å². The van der Waals surface area contributed by atoms with Gasteiger partial charge in [0.05, 0.1) is 6.54 Å². The molecule has 1 aliphatic rings. The number of carbonyl (C=O) groups is 1. The number of carbonyl (C=O) groups excluding carboxylic acids is 1. The van der Waals surface area contributed by atoms with Crippen molar-refractivity contribution >= 4 is 35.8 Å². The Hall–Kier alpha value is -1.65. The molecule has 1 aliphatic heterocycles. The van der Waals surface area contributed by atoms with Gasteiger partial charge in [-0.05, 0) is 31.9 Å². The van der Waals surface area contributed by atoms with Gasteiger partial charge >= 0.3 is 0 Å². The largest absolute Gasteiger partial charge is 0.489 e. The van der Waals surface area contributed by atoms with Crippen molar-refractivity contribution in [2.75, 3.05) is 39.3 Å². The molecule has 0 unspecified atom stereocenters. The van der Waals surface area contributed by atoms with E-state index in [1.807, 2.05) is 11.8 Å². The maximum atomic E-state index is 13.5. The van der Waals surface area contributed by atoms with E-state index in [2.05, 4.69) is 15.6 Å². The predicted octanol–water partition coefficient (Wildman–Crippen LogP) is 2.53. The second-order valence-electron chi connectivity index (χ2n) is 5.95. The Morgan fingerprint density at radius 2 is 2.15 bits per heavy atom. The molecular formula is C18H27F2IN4O2. The van der Waals surface area contributed by atoms with E-state index in [0.717, 1.165) is 38.1 Å². The third-order valence-corrected chi connectivity index (χ3v) is 3.92. The maximum Gasteiger partial charge on any atom is 0.222 e. The highest BCUT2D eigenvalue weighted by molar-refractivity contribution is 14.0. The zero-order chi connectivity index (χ0) is 18.8. The second-order valence-corrected chi connectivity index (χ2v) is 5.95. The van der Waals surface area contributed by atoms with Gasteiger partial charge in [-0.15, -0.1) is 24.0 Å². The van der Waals surface area contributed by atoms with Crippen LogP contribution in [0.1, 0.15) is 26.2 Å². The highest BCUT2D eigenvalue weighted by Crippen LogP contribution is 2.17. The van der Waals surface area contributed by atoms with Crippen LogP contribution in [-0.4, -0.2) is 56.1 Å². The lowest BCUT2D eigenvalue weighted by atomic mass is 10.3. The summed E-state index contributed by atoms with van der Waals surface area (Å²) in [5.41, 5.74) is 0. The first-order valence-electron chi connectivity index (χ1n) is 8.98. The van der Waals surface area contributed by atoms with E-state index in [1.165, 1.54) is 6.07 Å². The van der Waals surface area contributed by atoms with E-state index in [0.29, 0.717) is 32.0 Å². The lowest BCUT2D eigenvalue weighted by molar-refractivity contribution is -0.127. The van der Waals surface area contributed by atoms with E-state index in [1.54, 1.807) is 0 Å². The molecule has 0 spiro atoms. The second kappa shape index (κ2) is 12.7. The van der Waals surface area contributed by atoms with Crippen molar-refractivity contribution in [2.24, 2.45) is 4.99 Å². The summed E-state index contributed by atoms with van der Waals surface area (Å²) in [5.74, 6) is -0.467. The van der Waals surface area contributed by atoms with Gasteiger partial charge in [0.1, 0.15) is 12.4 Å². The van der Waals surface area contributed by atoms with Crippen molar-refractivity contribution in [1.29, 1.82) is 0 Å². The summed E-state index contributed by atoms with van der Waals surface area (Å²) in [6, 6.07) is 3.21. The molecule has 9 heteroatoms. The van der Waals surface area contributed by atoms with E-state index >= 15 is 0 Å². The van der Waals surface area contributed by atoms with Crippen molar-refractivity contribution in [3.8, 4) is 5.75 Å². The summed E-state index contributed by atoms with van der Waals surface area (Å²) in [5, 5.41) is 6.21. The molecule has 1 aromatic carbocycles. The number of benzene rings is 1. The number of halogens is 3. The van der Waals surface area contributed by atoms with Gasteiger partial charge in [0.15, 0.2) is 17.5 Å². The molecule has 6 nitrogen and oxygen atoms in total. The van der Waals surface area contributed by atoms with Gasteiger partial charge in [0.25, 0.3) is 0 Å². The van der Waals surface area contributed by atoms with Gasteiger partial charge in [-0.1, -0.05) is 0 Å². The molecule has 0 bridgehead atoms. The number of guanidine groups is 1. The van der Waals surface area contributed by atoms with Crippen LogP contribution in [0.2, 0.25) is 0 Å². The molecule has 1 saturated heterocycles. The summed E-state index contributed by atoms with van der Waals surface area (Å²) < 4.78 is 31.6. The van der Waals surface area contributed by atoms with E-state index in [4.69, 9.17) is 4.74 Å². The molecule has 0 aromatic heterocycles. The Kier molecular flexibility index (Phi) is 11.0. The molecule has 0 aliphatic carbocycles. The molecule has 2 rings (SSSR count). The van der Waals surface area contributed by atoms with Crippen LogP contribution in [0.5, 0.6) is 5.75 Å². The number of hydrogen-bond donors (Lipinski definition) is 2. The topological polar surface area (TPSA) is 66.0 Å². The number of nitrogens with one attached hydrogen (secondary N) is 2. The van der Waals surface area contributed by atoms with Crippen LogP contribution in [0, 0.1) is 11.6 Å². The molecule has 1 fully saturated rings. The maximum absolute atomic E-state index is 13.5. The Labute approximate surface area is 175 Å². The number of rotatable bonds is 9. The smallest absolute Gasteiger partial charge is 0.222 e. The SMILES string of the molecule is CCNC(=NCCCN1CCCC1=O)NCCOc1ccc(F)cc1F.I. The summed E-state index contributed by atoms with van der Waals surface area (Å²) in [4.78, 5) is 17.9. The Morgan fingerprint density at radius 1 is 1.33 bits per heavy atom. The zero-order valence-electron chi connectivity index (χ0n) is 15.5. The van der Waals surface area contributed by atoms with Crippen molar-refractivity contribution in [1.82, 2.24) is 15.5 Å². The molecule has 0 atom stereocenters. The standard InChI is InChI=1S/C18H26F2N4O2.HI/c1-2-21-18(22-8-4-11-24-10-3-5-17(24)25)23-9-12-26-16-7-6-14(19)13-15(16)20;/h6-7,13H,2-5,8-12H2,1H3,(H2,21,22,23);1H. The van der Waals surface area contributed by atoms with Crippen molar-refractivity contribution in [3.05, 3.63) is 29.8 Å².